The fourth-order valence-corrected chi connectivity index (χ4v) is 1.09. The fourth-order valence-electron chi connectivity index (χ4n) is 1.09. The van der Waals surface area contributed by atoms with Crippen LogP contribution in [0.3, 0.4) is 0 Å². The highest BCUT2D eigenvalue weighted by atomic mass is 16.3. The lowest BCUT2D eigenvalue weighted by molar-refractivity contribution is 0.403. The summed E-state index contributed by atoms with van der Waals surface area (Å²) in [6.45, 7) is 1.85. The van der Waals surface area contributed by atoms with Crippen LogP contribution in [0.2, 0.25) is 0 Å². The van der Waals surface area contributed by atoms with E-state index < -0.39 is 6.01 Å². The third-order valence-electron chi connectivity index (χ3n) is 1.64. The standard InChI is InChI=1S/C8H7N3O2/c1-4-2-5-6(9-3-4)7(12)11-8(13)10-5/h2-3H,1H3,(H2,10,11,12,13). The lowest BCUT2D eigenvalue weighted by atomic mass is 10.3. The molecule has 0 amide bonds. The Labute approximate surface area is 73.7 Å². The molecule has 5 heteroatoms. The molecule has 2 aromatic heterocycles. The van der Waals surface area contributed by atoms with Crippen LogP contribution in [0.1, 0.15) is 5.56 Å². The van der Waals surface area contributed by atoms with Crippen LogP contribution in [0.25, 0.3) is 11.0 Å². The average molecular weight is 177 g/mol. The summed E-state index contributed by atoms with van der Waals surface area (Å²) in [7, 11) is 0. The molecule has 66 valence electrons. The van der Waals surface area contributed by atoms with Crippen LogP contribution >= 0.6 is 0 Å². The molecule has 0 unspecified atom stereocenters. The summed E-state index contributed by atoms with van der Waals surface area (Å²) in [5, 5.41) is 18.3. The lowest BCUT2D eigenvalue weighted by Gasteiger charge is -1.99. The highest BCUT2D eigenvalue weighted by Gasteiger charge is 2.06. The Hall–Kier alpha value is -1.91. The van der Waals surface area contributed by atoms with Crippen molar-refractivity contribution >= 4 is 11.0 Å². The summed E-state index contributed by atoms with van der Waals surface area (Å²) in [6, 6.07) is 1.26. The second-order valence-electron chi connectivity index (χ2n) is 2.73. The molecule has 0 aliphatic rings. The first-order valence-electron chi connectivity index (χ1n) is 3.69. The van der Waals surface area contributed by atoms with Crippen LogP contribution in [-0.4, -0.2) is 25.2 Å². The molecule has 13 heavy (non-hydrogen) atoms. The molecule has 2 heterocycles. The normalized spacial score (nSPS) is 10.5. The zero-order chi connectivity index (χ0) is 9.42. The molecule has 0 aliphatic heterocycles. The maximum atomic E-state index is 9.27. The number of hydrogen-bond acceptors (Lipinski definition) is 5. The SMILES string of the molecule is Cc1cnc2c(O)nc(O)nc2c1. The Morgan fingerprint density at radius 2 is 2.00 bits per heavy atom. The average Bonchev–Trinajstić information content (AvgIpc) is 2.02. The first-order chi connectivity index (χ1) is 6.16. The highest BCUT2D eigenvalue weighted by molar-refractivity contribution is 5.79. The van der Waals surface area contributed by atoms with E-state index in [-0.39, 0.29) is 5.88 Å². The molecule has 0 spiro atoms. The van der Waals surface area contributed by atoms with Gasteiger partial charge in [0.2, 0.25) is 5.88 Å². The Kier molecular flexibility index (Phi) is 1.51. The summed E-state index contributed by atoms with van der Waals surface area (Å²) >= 11 is 0. The number of aromatic nitrogens is 3. The monoisotopic (exact) mass is 177 g/mol. The van der Waals surface area contributed by atoms with Crippen molar-refractivity contribution in [3.8, 4) is 11.9 Å². The summed E-state index contributed by atoms with van der Waals surface area (Å²) in [5.74, 6) is -0.303. The van der Waals surface area contributed by atoms with E-state index in [0.717, 1.165) is 5.56 Å². The third kappa shape index (κ3) is 1.24. The number of hydrogen-bond donors (Lipinski definition) is 2. The zero-order valence-corrected chi connectivity index (χ0v) is 6.89. The minimum Gasteiger partial charge on any atom is -0.492 e. The second-order valence-corrected chi connectivity index (χ2v) is 2.73. The molecular formula is C8H7N3O2. The number of pyridine rings is 1. The van der Waals surface area contributed by atoms with Gasteiger partial charge >= 0.3 is 6.01 Å². The predicted molar refractivity (Wildman–Crippen MR) is 45.4 cm³/mol. The summed E-state index contributed by atoms with van der Waals surface area (Å²) < 4.78 is 0. The van der Waals surface area contributed by atoms with Crippen molar-refractivity contribution in [3.63, 3.8) is 0 Å². The molecular weight excluding hydrogens is 170 g/mol. The largest absolute Gasteiger partial charge is 0.492 e. The fraction of sp³-hybridized carbons (Fsp3) is 0.125. The molecule has 0 atom stereocenters. The number of aryl methyl sites for hydroxylation is 1. The van der Waals surface area contributed by atoms with Crippen LogP contribution in [0, 0.1) is 6.92 Å². The molecule has 0 saturated heterocycles. The van der Waals surface area contributed by atoms with E-state index in [4.69, 9.17) is 5.11 Å². The van der Waals surface area contributed by atoms with Gasteiger partial charge < -0.3 is 10.2 Å². The van der Waals surface area contributed by atoms with Crippen LogP contribution < -0.4 is 0 Å². The van der Waals surface area contributed by atoms with Gasteiger partial charge in [0, 0.05) is 6.20 Å². The molecule has 0 bridgehead atoms. The minimum atomic E-state index is -0.447. The summed E-state index contributed by atoms with van der Waals surface area (Å²) in [5.41, 5.74) is 1.64. The second kappa shape index (κ2) is 2.55. The van der Waals surface area contributed by atoms with E-state index in [9.17, 15) is 5.11 Å². The molecule has 2 N–H and O–H groups in total. The van der Waals surface area contributed by atoms with E-state index >= 15 is 0 Å². The predicted octanol–water partition coefficient (Wildman–Crippen LogP) is 0.744. The number of aromatic hydroxyl groups is 2. The van der Waals surface area contributed by atoms with Gasteiger partial charge in [-0.3, -0.25) is 0 Å². The molecule has 5 nitrogen and oxygen atoms in total. The zero-order valence-electron chi connectivity index (χ0n) is 6.89. The third-order valence-corrected chi connectivity index (χ3v) is 1.64. The Bertz CT molecular complexity index is 465. The van der Waals surface area contributed by atoms with E-state index in [0.29, 0.717) is 11.0 Å². The maximum absolute atomic E-state index is 9.27. The number of fused-ring (bicyclic) bond motifs is 1. The van der Waals surface area contributed by atoms with Gasteiger partial charge in [-0.2, -0.15) is 9.97 Å². The van der Waals surface area contributed by atoms with Gasteiger partial charge in [0.25, 0.3) is 0 Å². The molecule has 0 aromatic carbocycles. The van der Waals surface area contributed by atoms with Crippen molar-refractivity contribution in [3.05, 3.63) is 17.8 Å². The van der Waals surface area contributed by atoms with E-state index in [1.807, 2.05) is 6.92 Å². The molecule has 0 fully saturated rings. The van der Waals surface area contributed by atoms with Gasteiger partial charge in [-0.15, -0.1) is 0 Å². The highest BCUT2D eigenvalue weighted by Crippen LogP contribution is 2.21. The van der Waals surface area contributed by atoms with Gasteiger partial charge in [-0.05, 0) is 18.6 Å². The van der Waals surface area contributed by atoms with Crippen molar-refractivity contribution in [1.82, 2.24) is 15.0 Å². The smallest absolute Gasteiger partial charge is 0.317 e. The molecule has 0 aliphatic carbocycles. The van der Waals surface area contributed by atoms with E-state index in [1.165, 1.54) is 0 Å². The first-order valence-corrected chi connectivity index (χ1v) is 3.69. The summed E-state index contributed by atoms with van der Waals surface area (Å²) in [4.78, 5) is 11.0. The first kappa shape index (κ1) is 7.72. The molecule has 2 aromatic rings. The lowest BCUT2D eigenvalue weighted by Crippen LogP contribution is -1.88. The molecule has 0 radical (unpaired) electrons. The van der Waals surface area contributed by atoms with E-state index in [1.54, 1.807) is 12.3 Å². The van der Waals surface area contributed by atoms with Crippen molar-refractivity contribution in [2.75, 3.05) is 0 Å². The van der Waals surface area contributed by atoms with Crippen molar-refractivity contribution < 1.29 is 10.2 Å². The number of rotatable bonds is 0. The topological polar surface area (TPSA) is 79.1 Å². The Morgan fingerprint density at radius 3 is 2.77 bits per heavy atom. The van der Waals surface area contributed by atoms with Crippen LogP contribution in [-0.2, 0) is 0 Å². The van der Waals surface area contributed by atoms with Crippen molar-refractivity contribution in [1.29, 1.82) is 0 Å². The Morgan fingerprint density at radius 1 is 1.23 bits per heavy atom. The summed E-state index contributed by atoms with van der Waals surface area (Å²) in [6.07, 6.45) is 1.60. The van der Waals surface area contributed by atoms with Gasteiger partial charge in [0.15, 0.2) is 5.52 Å². The van der Waals surface area contributed by atoms with Gasteiger partial charge in [0.05, 0.1) is 0 Å². The van der Waals surface area contributed by atoms with Crippen molar-refractivity contribution in [2.45, 2.75) is 6.92 Å². The van der Waals surface area contributed by atoms with Crippen LogP contribution in [0.15, 0.2) is 12.3 Å². The van der Waals surface area contributed by atoms with Crippen LogP contribution in [0.5, 0.6) is 11.9 Å². The van der Waals surface area contributed by atoms with E-state index in [2.05, 4.69) is 15.0 Å². The maximum Gasteiger partial charge on any atom is 0.317 e. The van der Waals surface area contributed by atoms with Crippen molar-refractivity contribution in [2.24, 2.45) is 0 Å². The molecule has 2 rings (SSSR count). The van der Waals surface area contributed by atoms with Gasteiger partial charge in [-0.25, -0.2) is 4.98 Å². The quantitative estimate of drug-likeness (QED) is 0.620. The number of nitrogens with zero attached hydrogens (tertiary/aromatic N) is 3. The Balaban J connectivity index is 2.86. The van der Waals surface area contributed by atoms with Gasteiger partial charge in [0.1, 0.15) is 5.52 Å². The van der Waals surface area contributed by atoms with Crippen LogP contribution in [0.4, 0.5) is 0 Å². The minimum absolute atomic E-state index is 0.295. The van der Waals surface area contributed by atoms with Gasteiger partial charge in [-0.1, -0.05) is 0 Å². The molecule has 0 saturated carbocycles.